The molecule has 0 spiro atoms. The lowest BCUT2D eigenvalue weighted by Crippen LogP contribution is -2.25. The van der Waals surface area contributed by atoms with Crippen molar-refractivity contribution < 1.29 is 4.79 Å². The quantitative estimate of drug-likeness (QED) is 0.740. The van der Waals surface area contributed by atoms with Gasteiger partial charge in [0.1, 0.15) is 0 Å². The molecule has 0 saturated heterocycles. The molecule has 1 rings (SSSR count). The molecule has 0 aromatic heterocycles. The Morgan fingerprint density at radius 3 is 2.75 bits per heavy atom. The van der Waals surface area contributed by atoms with Crippen LogP contribution in [0, 0.1) is 0 Å². The number of hydrogen-bond acceptors (Lipinski definition) is 2. The Kier molecular flexibility index (Phi) is 5.29. The molecule has 0 bridgehead atoms. The lowest BCUT2D eigenvalue weighted by Gasteiger charge is -2.11. The zero-order chi connectivity index (χ0) is 11.8. The second-order valence-electron chi connectivity index (χ2n) is 3.60. The van der Waals surface area contributed by atoms with Gasteiger partial charge in [-0.05, 0) is 25.0 Å². The van der Waals surface area contributed by atoms with Crippen molar-refractivity contribution in [1.29, 1.82) is 0 Å². The average Bonchev–Trinajstić information content (AvgIpc) is 2.30. The first-order valence-electron chi connectivity index (χ1n) is 5.45. The molecular formula is C13H18N2O. The summed E-state index contributed by atoms with van der Waals surface area (Å²) in [5.74, 6) is -0.0669. The minimum absolute atomic E-state index is 0.0212. The molecular weight excluding hydrogens is 200 g/mol. The van der Waals surface area contributed by atoms with Crippen LogP contribution >= 0.6 is 0 Å². The van der Waals surface area contributed by atoms with Crippen LogP contribution in [0.5, 0.6) is 0 Å². The first-order valence-corrected chi connectivity index (χ1v) is 5.45. The van der Waals surface area contributed by atoms with Gasteiger partial charge in [0, 0.05) is 12.6 Å². The van der Waals surface area contributed by atoms with Gasteiger partial charge in [-0.15, -0.1) is 0 Å². The standard InChI is InChI=1S/C13H18N2O/c1-2-6-13(16)15-10-9-12(14)11-7-4-3-5-8-11/h2-8,12H,9-10,14H2,1H3,(H,15,16)/b6-2+. The van der Waals surface area contributed by atoms with Gasteiger partial charge in [-0.1, -0.05) is 36.4 Å². The summed E-state index contributed by atoms with van der Waals surface area (Å²) in [5.41, 5.74) is 7.09. The zero-order valence-corrected chi connectivity index (χ0v) is 9.52. The normalized spacial score (nSPS) is 12.6. The maximum atomic E-state index is 11.1. The predicted molar refractivity (Wildman–Crippen MR) is 65.8 cm³/mol. The van der Waals surface area contributed by atoms with Crippen LogP contribution in [0.15, 0.2) is 42.5 Å². The number of allylic oxidation sites excluding steroid dienone is 1. The lowest BCUT2D eigenvalue weighted by atomic mass is 10.1. The molecule has 0 saturated carbocycles. The Hall–Kier alpha value is -1.61. The van der Waals surface area contributed by atoms with Gasteiger partial charge in [0.05, 0.1) is 0 Å². The Balaban J connectivity index is 2.31. The van der Waals surface area contributed by atoms with Crippen molar-refractivity contribution >= 4 is 5.91 Å². The fraction of sp³-hybridized carbons (Fsp3) is 0.308. The fourth-order valence-corrected chi connectivity index (χ4v) is 1.43. The van der Waals surface area contributed by atoms with E-state index in [0.717, 1.165) is 12.0 Å². The molecule has 1 amide bonds. The van der Waals surface area contributed by atoms with Crippen molar-refractivity contribution in [2.24, 2.45) is 5.73 Å². The van der Waals surface area contributed by atoms with Crippen molar-refractivity contribution in [3.8, 4) is 0 Å². The highest BCUT2D eigenvalue weighted by Crippen LogP contribution is 2.11. The highest BCUT2D eigenvalue weighted by Gasteiger charge is 2.04. The maximum absolute atomic E-state index is 11.1. The largest absolute Gasteiger partial charge is 0.352 e. The third kappa shape index (κ3) is 4.28. The SMILES string of the molecule is C/C=C/C(=O)NCCC(N)c1ccccc1. The van der Waals surface area contributed by atoms with Crippen LogP contribution in [-0.4, -0.2) is 12.5 Å². The number of hydrogen-bond donors (Lipinski definition) is 2. The molecule has 3 nitrogen and oxygen atoms in total. The van der Waals surface area contributed by atoms with E-state index in [4.69, 9.17) is 5.73 Å². The second-order valence-corrected chi connectivity index (χ2v) is 3.60. The Labute approximate surface area is 96.3 Å². The molecule has 1 aromatic rings. The highest BCUT2D eigenvalue weighted by molar-refractivity contribution is 5.87. The lowest BCUT2D eigenvalue weighted by molar-refractivity contribution is -0.116. The molecule has 0 radical (unpaired) electrons. The number of amides is 1. The van der Waals surface area contributed by atoms with Crippen molar-refractivity contribution in [3.05, 3.63) is 48.0 Å². The Morgan fingerprint density at radius 1 is 1.44 bits per heavy atom. The Bertz CT molecular complexity index is 346. The molecule has 0 heterocycles. The third-order valence-electron chi connectivity index (χ3n) is 2.30. The topological polar surface area (TPSA) is 55.1 Å². The first-order chi connectivity index (χ1) is 7.74. The van der Waals surface area contributed by atoms with Crippen molar-refractivity contribution in [3.63, 3.8) is 0 Å². The van der Waals surface area contributed by atoms with Crippen LogP contribution in [0.2, 0.25) is 0 Å². The monoisotopic (exact) mass is 218 g/mol. The summed E-state index contributed by atoms with van der Waals surface area (Å²) >= 11 is 0. The van der Waals surface area contributed by atoms with E-state index in [0.29, 0.717) is 6.54 Å². The molecule has 86 valence electrons. The van der Waals surface area contributed by atoms with E-state index in [1.165, 1.54) is 6.08 Å². The van der Waals surface area contributed by atoms with Gasteiger partial charge in [0.15, 0.2) is 0 Å². The van der Waals surface area contributed by atoms with E-state index >= 15 is 0 Å². The number of nitrogens with two attached hydrogens (primary N) is 1. The summed E-state index contributed by atoms with van der Waals surface area (Å²) in [4.78, 5) is 11.1. The van der Waals surface area contributed by atoms with Crippen molar-refractivity contribution in [2.45, 2.75) is 19.4 Å². The molecule has 3 N–H and O–H groups in total. The van der Waals surface area contributed by atoms with Crippen LogP contribution in [0.4, 0.5) is 0 Å². The fourth-order valence-electron chi connectivity index (χ4n) is 1.43. The predicted octanol–water partition coefficient (Wildman–Crippen LogP) is 1.77. The molecule has 0 aliphatic heterocycles. The van der Waals surface area contributed by atoms with E-state index in [1.54, 1.807) is 6.08 Å². The summed E-state index contributed by atoms with van der Waals surface area (Å²) < 4.78 is 0. The summed E-state index contributed by atoms with van der Waals surface area (Å²) in [7, 11) is 0. The van der Waals surface area contributed by atoms with Gasteiger partial charge in [-0.25, -0.2) is 0 Å². The number of benzene rings is 1. The maximum Gasteiger partial charge on any atom is 0.243 e. The first kappa shape index (κ1) is 12.5. The molecule has 3 heteroatoms. The van der Waals surface area contributed by atoms with Crippen LogP contribution in [0.1, 0.15) is 24.9 Å². The van der Waals surface area contributed by atoms with Crippen LogP contribution in [0.25, 0.3) is 0 Å². The zero-order valence-electron chi connectivity index (χ0n) is 9.52. The molecule has 1 unspecified atom stereocenters. The van der Waals surface area contributed by atoms with Gasteiger partial charge >= 0.3 is 0 Å². The minimum Gasteiger partial charge on any atom is -0.352 e. The second kappa shape index (κ2) is 6.80. The highest BCUT2D eigenvalue weighted by atomic mass is 16.1. The third-order valence-corrected chi connectivity index (χ3v) is 2.30. The van der Waals surface area contributed by atoms with Crippen LogP contribution in [0.3, 0.4) is 0 Å². The van der Waals surface area contributed by atoms with Crippen molar-refractivity contribution in [2.75, 3.05) is 6.54 Å². The van der Waals surface area contributed by atoms with Gasteiger partial charge in [0.25, 0.3) is 0 Å². The average molecular weight is 218 g/mol. The van der Waals surface area contributed by atoms with Gasteiger partial charge in [0.2, 0.25) is 5.91 Å². The van der Waals surface area contributed by atoms with E-state index < -0.39 is 0 Å². The summed E-state index contributed by atoms with van der Waals surface area (Å²) in [6.45, 7) is 2.41. The molecule has 0 aliphatic carbocycles. The summed E-state index contributed by atoms with van der Waals surface area (Å²) in [5, 5.41) is 2.78. The molecule has 1 aromatic carbocycles. The number of carbonyl (C=O) groups excluding carboxylic acids is 1. The van der Waals surface area contributed by atoms with E-state index in [-0.39, 0.29) is 11.9 Å². The number of carbonyl (C=O) groups is 1. The van der Waals surface area contributed by atoms with Gasteiger partial charge in [-0.3, -0.25) is 4.79 Å². The smallest absolute Gasteiger partial charge is 0.243 e. The van der Waals surface area contributed by atoms with E-state index in [9.17, 15) is 4.79 Å². The summed E-state index contributed by atoms with van der Waals surface area (Å²) in [6.07, 6.45) is 3.97. The van der Waals surface area contributed by atoms with Gasteiger partial charge < -0.3 is 11.1 Å². The molecule has 0 aliphatic rings. The van der Waals surface area contributed by atoms with Crippen LogP contribution in [-0.2, 0) is 4.79 Å². The summed E-state index contributed by atoms with van der Waals surface area (Å²) in [6, 6.07) is 9.87. The van der Waals surface area contributed by atoms with Crippen molar-refractivity contribution in [1.82, 2.24) is 5.32 Å². The van der Waals surface area contributed by atoms with E-state index in [1.807, 2.05) is 37.3 Å². The Morgan fingerprint density at radius 2 is 2.12 bits per heavy atom. The molecule has 0 fully saturated rings. The van der Waals surface area contributed by atoms with E-state index in [2.05, 4.69) is 5.32 Å². The van der Waals surface area contributed by atoms with Gasteiger partial charge in [-0.2, -0.15) is 0 Å². The van der Waals surface area contributed by atoms with Crippen LogP contribution < -0.4 is 11.1 Å². The minimum atomic E-state index is -0.0669. The molecule has 16 heavy (non-hydrogen) atoms. The number of rotatable bonds is 5. The molecule has 1 atom stereocenters. The number of nitrogens with one attached hydrogen (secondary N) is 1.